The van der Waals surface area contributed by atoms with Crippen molar-refractivity contribution in [2.75, 3.05) is 7.11 Å². The highest BCUT2D eigenvalue weighted by molar-refractivity contribution is 5.92. The second-order valence-electron chi connectivity index (χ2n) is 2.39. The minimum absolute atomic E-state index is 0.255. The van der Waals surface area contributed by atoms with Gasteiger partial charge >= 0.3 is 0 Å². The standard InChI is InChI=1S/C7H14N2O/c1-5(2)7(10-4)9-6(3)8/h5,8H,1-4H3/b8-6?,9-7-. The molecule has 0 fully saturated rings. The number of nitrogens with one attached hydrogen (secondary N) is 1. The summed E-state index contributed by atoms with van der Waals surface area (Å²) >= 11 is 0. The molecule has 0 radical (unpaired) electrons. The summed E-state index contributed by atoms with van der Waals surface area (Å²) in [4.78, 5) is 3.87. The number of hydrogen-bond acceptors (Lipinski definition) is 2. The first-order valence-corrected chi connectivity index (χ1v) is 3.25. The number of aliphatic imine (C=N–C) groups is 1. The van der Waals surface area contributed by atoms with Crippen LogP contribution in [0.1, 0.15) is 20.8 Å². The van der Waals surface area contributed by atoms with Crippen molar-refractivity contribution in [3.63, 3.8) is 0 Å². The quantitative estimate of drug-likeness (QED) is 0.439. The monoisotopic (exact) mass is 142 g/mol. The Balaban J connectivity index is 4.18. The molecule has 0 unspecified atom stereocenters. The summed E-state index contributed by atoms with van der Waals surface area (Å²) in [5.74, 6) is 1.16. The normalized spacial score (nSPS) is 11.9. The van der Waals surface area contributed by atoms with Crippen LogP contribution in [0.25, 0.3) is 0 Å². The molecule has 10 heavy (non-hydrogen) atoms. The van der Waals surface area contributed by atoms with Crippen molar-refractivity contribution in [3.05, 3.63) is 0 Å². The smallest absolute Gasteiger partial charge is 0.191 e. The Morgan fingerprint density at radius 2 is 2.00 bits per heavy atom. The van der Waals surface area contributed by atoms with E-state index in [1.807, 2.05) is 13.8 Å². The van der Waals surface area contributed by atoms with E-state index < -0.39 is 0 Å². The van der Waals surface area contributed by atoms with Crippen LogP contribution in [0.2, 0.25) is 0 Å². The lowest BCUT2D eigenvalue weighted by molar-refractivity contribution is 0.376. The highest BCUT2D eigenvalue weighted by Crippen LogP contribution is 1.97. The van der Waals surface area contributed by atoms with E-state index in [1.165, 1.54) is 0 Å². The molecule has 0 aromatic carbocycles. The van der Waals surface area contributed by atoms with E-state index in [-0.39, 0.29) is 11.8 Å². The Morgan fingerprint density at radius 3 is 2.10 bits per heavy atom. The highest BCUT2D eigenvalue weighted by atomic mass is 16.5. The largest absolute Gasteiger partial charge is 0.484 e. The number of rotatable bonds is 1. The maximum Gasteiger partial charge on any atom is 0.191 e. The summed E-state index contributed by atoms with van der Waals surface area (Å²) in [6.45, 7) is 5.58. The second kappa shape index (κ2) is 4.04. The molecule has 58 valence electrons. The molecule has 0 saturated heterocycles. The zero-order valence-electron chi connectivity index (χ0n) is 6.93. The number of nitrogens with zero attached hydrogens (tertiary/aromatic N) is 1. The van der Waals surface area contributed by atoms with Gasteiger partial charge in [0.05, 0.1) is 7.11 Å². The highest BCUT2D eigenvalue weighted by Gasteiger charge is 2.03. The molecule has 3 nitrogen and oxygen atoms in total. The fourth-order valence-corrected chi connectivity index (χ4v) is 0.576. The van der Waals surface area contributed by atoms with E-state index in [2.05, 4.69) is 4.99 Å². The summed E-state index contributed by atoms with van der Waals surface area (Å²) in [6.07, 6.45) is 0. The van der Waals surface area contributed by atoms with Crippen LogP contribution in [0.15, 0.2) is 4.99 Å². The van der Waals surface area contributed by atoms with Crippen molar-refractivity contribution in [1.29, 1.82) is 5.41 Å². The number of ether oxygens (including phenoxy) is 1. The van der Waals surface area contributed by atoms with Crippen LogP contribution in [0.4, 0.5) is 0 Å². The molecule has 0 aliphatic carbocycles. The summed E-state index contributed by atoms with van der Waals surface area (Å²) in [5, 5.41) is 7.05. The number of methoxy groups -OCH3 is 1. The van der Waals surface area contributed by atoms with Crippen molar-refractivity contribution < 1.29 is 4.74 Å². The fourth-order valence-electron chi connectivity index (χ4n) is 0.576. The fraction of sp³-hybridized carbons (Fsp3) is 0.714. The summed E-state index contributed by atoms with van der Waals surface area (Å²) < 4.78 is 4.93. The van der Waals surface area contributed by atoms with Gasteiger partial charge in [-0.2, -0.15) is 0 Å². The van der Waals surface area contributed by atoms with Gasteiger partial charge in [0.1, 0.15) is 5.84 Å². The molecule has 0 heterocycles. The molecule has 0 bridgehead atoms. The Bertz CT molecular complexity index is 150. The van der Waals surface area contributed by atoms with Gasteiger partial charge in [0, 0.05) is 5.92 Å². The van der Waals surface area contributed by atoms with E-state index in [9.17, 15) is 0 Å². The summed E-state index contributed by atoms with van der Waals surface area (Å²) in [5.41, 5.74) is 0. The minimum Gasteiger partial charge on any atom is -0.484 e. The third-order valence-electron chi connectivity index (χ3n) is 0.981. The Hall–Kier alpha value is -0.860. The van der Waals surface area contributed by atoms with Crippen LogP contribution in [0, 0.1) is 11.3 Å². The van der Waals surface area contributed by atoms with Gasteiger partial charge in [-0.3, -0.25) is 5.41 Å². The van der Waals surface area contributed by atoms with Gasteiger partial charge in [-0.1, -0.05) is 13.8 Å². The van der Waals surface area contributed by atoms with Crippen LogP contribution < -0.4 is 0 Å². The molecular weight excluding hydrogens is 128 g/mol. The van der Waals surface area contributed by atoms with E-state index in [4.69, 9.17) is 10.1 Å². The van der Waals surface area contributed by atoms with Crippen LogP contribution in [-0.4, -0.2) is 18.8 Å². The zero-order chi connectivity index (χ0) is 8.15. The third-order valence-corrected chi connectivity index (χ3v) is 0.981. The number of amidine groups is 1. The summed E-state index contributed by atoms with van der Waals surface area (Å²) in [7, 11) is 1.57. The second-order valence-corrected chi connectivity index (χ2v) is 2.39. The lowest BCUT2D eigenvalue weighted by Crippen LogP contribution is -2.11. The molecule has 0 aromatic rings. The predicted octanol–water partition coefficient (Wildman–Crippen LogP) is 1.68. The molecule has 0 rings (SSSR count). The molecule has 0 aromatic heterocycles. The Kier molecular flexibility index (Phi) is 3.69. The Labute approximate surface area is 61.6 Å². The Morgan fingerprint density at radius 1 is 1.50 bits per heavy atom. The SMILES string of the molecule is CO/C(=N\C(C)=N)C(C)C. The molecular formula is C7H14N2O. The van der Waals surface area contributed by atoms with Gasteiger partial charge in [0.2, 0.25) is 0 Å². The maximum absolute atomic E-state index is 7.05. The van der Waals surface area contributed by atoms with Crippen molar-refractivity contribution in [1.82, 2.24) is 0 Å². The van der Waals surface area contributed by atoms with E-state index in [1.54, 1.807) is 14.0 Å². The van der Waals surface area contributed by atoms with Crippen LogP contribution in [0.5, 0.6) is 0 Å². The van der Waals surface area contributed by atoms with Crippen molar-refractivity contribution in [2.45, 2.75) is 20.8 Å². The molecule has 0 atom stereocenters. The molecule has 0 spiro atoms. The molecule has 3 heteroatoms. The average Bonchev–Trinajstić information content (AvgIpc) is 1.81. The van der Waals surface area contributed by atoms with Crippen molar-refractivity contribution in [2.24, 2.45) is 10.9 Å². The van der Waals surface area contributed by atoms with Crippen LogP contribution in [0.3, 0.4) is 0 Å². The predicted molar refractivity (Wildman–Crippen MR) is 42.7 cm³/mol. The first-order chi connectivity index (χ1) is 4.57. The van der Waals surface area contributed by atoms with Crippen molar-refractivity contribution >= 4 is 11.7 Å². The molecule has 0 saturated carbocycles. The van der Waals surface area contributed by atoms with E-state index in [0.717, 1.165) is 0 Å². The van der Waals surface area contributed by atoms with Crippen LogP contribution in [-0.2, 0) is 4.74 Å². The third kappa shape index (κ3) is 3.22. The van der Waals surface area contributed by atoms with Crippen LogP contribution >= 0.6 is 0 Å². The average molecular weight is 142 g/mol. The minimum atomic E-state index is 0.255. The molecule has 0 aliphatic rings. The van der Waals surface area contributed by atoms with Gasteiger partial charge in [-0.25, -0.2) is 4.99 Å². The van der Waals surface area contributed by atoms with Crippen molar-refractivity contribution in [3.8, 4) is 0 Å². The topological polar surface area (TPSA) is 45.4 Å². The molecule has 0 amide bonds. The first kappa shape index (κ1) is 9.14. The molecule has 0 aliphatic heterocycles. The van der Waals surface area contributed by atoms with Gasteiger partial charge in [-0.05, 0) is 6.92 Å². The lowest BCUT2D eigenvalue weighted by atomic mass is 10.2. The van der Waals surface area contributed by atoms with Gasteiger partial charge in [0.15, 0.2) is 5.90 Å². The zero-order valence-corrected chi connectivity index (χ0v) is 6.93. The van der Waals surface area contributed by atoms with Gasteiger partial charge in [-0.15, -0.1) is 0 Å². The van der Waals surface area contributed by atoms with E-state index in [0.29, 0.717) is 5.90 Å². The van der Waals surface area contributed by atoms with Gasteiger partial charge in [0.25, 0.3) is 0 Å². The van der Waals surface area contributed by atoms with Gasteiger partial charge < -0.3 is 4.74 Å². The maximum atomic E-state index is 7.05. The summed E-state index contributed by atoms with van der Waals surface area (Å²) in [6, 6.07) is 0. The van der Waals surface area contributed by atoms with E-state index >= 15 is 0 Å². The molecule has 1 N–H and O–H groups in total. The first-order valence-electron chi connectivity index (χ1n) is 3.25. The lowest BCUT2D eigenvalue weighted by Gasteiger charge is -2.06. The number of hydrogen-bond donors (Lipinski definition) is 1.